The lowest BCUT2D eigenvalue weighted by atomic mass is 9.90. The molecule has 3 aromatic carbocycles. The number of benzene rings is 3. The average Bonchev–Trinajstić information content (AvgIpc) is 3.34. The number of aromatic nitrogens is 2. The van der Waals surface area contributed by atoms with Gasteiger partial charge in [0, 0.05) is 44.6 Å². The van der Waals surface area contributed by atoms with Crippen LogP contribution in [0.15, 0.2) is 54.6 Å². The molecule has 2 atom stereocenters. The summed E-state index contributed by atoms with van der Waals surface area (Å²) >= 11 is 5.97. The lowest BCUT2D eigenvalue weighted by Gasteiger charge is -2.35. The number of fused-ring (bicyclic) bond motifs is 2. The molecule has 0 radical (unpaired) electrons. The number of hydrogen-bond donors (Lipinski definition) is 1. The van der Waals surface area contributed by atoms with Crippen LogP contribution < -0.4 is 14.4 Å². The van der Waals surface area contributed by atoms with Crippen molar-refractivity contribution in [2.45, 2.75) is 44.4 Å². The second-order valence-electron chi connectivity index (χ2n) is 11.6. The Balaban J connectivity index is 1.11. The number of anilines is 1. The second-order valence-corrected chi connectivity index (χ2v) is 12.0. The Morgan fingerprint density at radius 2 is 1.98 bits per heavy atom. The molecule has 3 heterocycles. The SMILES string of the molecule is COCCn1c(C2CC23CCN(c2cccc4c2OC(C)(c2ccc(Cl)cc2F)O4)CC3)nc2ccc(C(=O)O)cc21. The van der Waals surface area contributed by atoms with E-state index in [2.05, 4.69) is 9.47 Å². The number of halogens is 2. The number of nitrogens with zero attached hydrogens (tertiary/aromatic N) is 3. The van der Waals surface area contributed by atoms with Crippen molar-refractivity contribution in [1.82, 2.24) is 9.55 Å². The minimum atomic E-state index is -1.30. The van der Waals surface area contributed by atoms with E-state index < -0.39 is 17.6 Å². The first-order valence-electron chi connectivity index (χ1n) is 14.2. The molecule has 42 heavy (non-hydrogen) atoms. The Morgan fingerprint density at radius 1 is 1.17 bits per heavy atom. The van der Waals surface area contributed by atoms with Crippen LogP contribution in [-0.2, 0) is 17.1 Å². The van der Waals surface area contributed by atoms with Gasteiger partial charge in [-0.2, -0.15) is 0 Å². The lowest BCUT2D eigenvalue weighted by Crippen LogP contribution is -2.36. The summed E-state index contributed by atoms with van der Waals surface area (Å²) in [7, 11) is 1.67. The number of carbonyl (C=O) groups is 1. The molecule has 1 aliphatic carbocycles. The van der Waals surface area contributed by atoms with Gasteiger partial charge in [-0.05, 0) is 73.2 Å². The number of imidazole rings is 1. The molecule has 2 aliphatic heterocycles. The van der Waals surface area contributed by atoms with Crippen molar-refractivity contribution in [3.8, 4) is 11.5 Å². The summed E-state index contributed by atoms with van der Waals surface area (Å²) in [4.78, 5) is 18.9. The van der Waals surface area contributed by atoms with Crippen molar-refractivity contribution in [2.75, 3.05) is 31.7 Å². The van der Waals surface area contributed by atoms with Crippen molar-refractivity contribution < 1.29 is 28.5 Å². The minimum Gasteiger partial charge on any atom is -0.478 e. The monoisotopic (exact) mass is 591 g/mol. The van der Waals surface area contributed by atoms with Crippen LogP contribution >= 0.6 is 11.6 Å². The van der Waals surface area contributed by atoms with Crippen molar-refractivity contribution in [2.24, 2.45) is 5.41 Å². The molecule has 1 N–H and O–H groups in total. The molecule has 7 rings (SSSR count). The van der Waals surface area contributed by atoms with Crippen LogP contribution in [-0.4, -0.2) is 47.4 Å². The molecule has 1 saturated heterocycles. The minimum absolute atomic E-state index is 0.147. The Morgan fingerprint density at radius 3 is 2.71 bits per heavy atom. The average molecular weight is 592 g/mol. The molecule has 4 aromatic rings. The van der Waals surface area contributed by atoms with E-state index in [4.69, 9.17) is 30.8 Å². The van der Waals surface area contributed by atoms with E-state index in [1.165, 1.54) is 6.07 Å². The fourth-order valence-electron chi connectivity index (χ4n) is 6.75. The van der Waals surface area contributed by atoms with Crippen molar-refractivity contribution in [3.63, 3.8) is 0 Å². The van der Waals surface area contributed by atoms with E-state index >= 15 is 0 Å². The van der Waals surface area contributed by atoms with Crippen LogP contribution in [0, 0.1) is 11.2 Å². The number of rotatable bonds is 7. The van der Waals surface area contributed by atoms with Crippen molar-refractivity contribution in [3.05, 3.63) is 82.4 Å². The molecule has 3 aliphatic rings. The summed E-state index contributed by atoms with van der Waals surface area (Å²) in [6, 6.07) is 15.4. The highest BCUT2D eigenvalue weighted by molar-refractivity contribution is 6.30. The lowest BCUT2D eigenvalue weighted by molar-refractivity contribution is -0.0705. The zero-order chi connectivity index (χ0) is 29.2. The number of carboxylic acids is 1. The molecule has 1 aromatic heterocycles. The number of ether oxygens (including phenoxy) is 3. The molecule has 1 spiro atoms. The number of piperidine rings is 1. The fraction of sp³-hybridized carbons (Fsp3) is 0.375. The number of hydrogen-bond acceptors (Lipinski definition) is 6. The predicted molar refractivity (Wildman–Crippen MR) is 156 cm³/mol. The third kappa shape index (κ3) is 4.37. The van der Waals surface area contributed by atoms with E-state index in [-0.39, 0.29) is 11.0 Å². The van der Waals surface area contributed by atoms with E-state index in [9.17, 15) is 14.3 Å². The number of aromatic carboxylic acids is 1. The highest BCUT2D eigenvalue weighted by Gasteiger charge is 2.57. The maximum absolute atomic E-state index is 14.8. The van der Waals surface area contributed by atoms with Crippen molar-refractivity contribution in [1.29, 1.82) is 0 Å². The zero-order valence-corrected chi connectivity index (χ0v) is 24.2. The summed E-state index contributed by atoms with van der Waals surface area (Å²) < 4.78 is 34.8. The van der Waals surface area contributed by atoms with Gasteiger partial charge < -0.3 is 28.8 Å². The smallest absolute Gasteiger partial charge is 0.335 e. The molecule has 0 amide bonds. The van der Waals surface area contributed by atoms with Gasteiger partial charge in [-0.1, -0.05) is 17.7 Å². The third-order valence-electron chi connectivity index (χ3n) is 9.13. The Kier molecular flexibility index (Phi) is 6.36. The first kappa shape index (κ1) is 27.0. The molecule has 2 fully saturated rings. The summed E-state index contributed by atoms with van der Waals surface area (Å²) in [6.45, 7) is 4.53. The highest BCUT2D eigenvalue weighted by atomic mass is 35.5. The summed E-state index contributed by atoms with van der Waals surface area (Å²) in [6.07, 6.45) is 3.02. The molecule has 1 saturated carbocycles. The van der Waals surface area contributed by atoms with Gasteiger partial charge in [0.15, 0.2) is 11.5 Å². The van der Waals surface area contributed by atoms with Crippen LogP contribution in [0.2, 0.25) is 5.02 Å². The van der Waals surface area contributed by atoms with Gasteiger partial charge in [0.05, 0.1) is 34.5 Å². The maximum atomic E-state index is 14.8. The summed E-state index contributed by atoms with van der Waals surface area (Å²) in [5.74, 6) is -0.211. The molecular weight excluding hydrogens is 561 g/mol. The highest BCUT2D eigenvalue weighted by Crippen LogP contribution is 2.65. The maximum Gasteiger partial charge on any atom is 0.335 e. The third-order valence-corrected chi connectivity index (χ3v) is 9.36. The molecule has 10 heteroatoms. The van der Waals surface area contributed by atoms with E-state index in [0.717, 1.165) is 54.9 Å². The van der Waals surface area contributed by atoms with Crippen LogP contribution in [0.3, 0.4) is 0 Å². The normalized spacial score (nSPS) is 22.2. The largest absolute Gasteiger partial charge is 0.478 e. The van der Waals surface area contributed by atoms with Crippen LogP contribution in [0.5, 0.6) is 11.5 Å². The van der Waals surface area contributed by atoms with Gasteiger partial charge >= 0.3 is 5.97 Å². The zero-order valence-electron chi connectivity index (χ0n) is 23.4. The van der Waals surface area contributed by atoms with Crippen LogP contribution in [0.25, 0.3) is 11.0 Å². The molecule has 218 valence electrons. The second kappa shape index (κ2) is 9.88. The first-order valence-corrected chi connectivity index (χ1v) is 14.5. The van der Waals surface area contributed by atoms with Gasteiger partial charge in [-0.3, -0.25) is 0 Å². The van der Waals surface area contributed by atoms with Gasteiger partial charge in [0.2, 0.25) is 0 Å². The van der Waals surface area contributed by atoms with Gasteiger partial charge in [-0.15, -0.1) is 0 Å². The fourth-order valence-corrected chi connectivity index (χ4v) is 6.90. The first-order chi connectivity index (χ1) is 20.2. The molecular formula is C32H31ClFN3O5. The van der Waals surface area contributed by atoms with E-state index in [0.29, 0.717) is 41.2 Å². The van der Waals surface area contributed by atoms with E-state index in [1.54, 1.807) is 44.4 Å². The summed E-state index contributed by atoms with van der Waals surface area (Å²) in [5, 5.41) is 9.84. The standard InChI is InChI=1S/C32H31ClFN3O5/c1-31(21-8-7-20(33)17-23(21)34)41-27-5-3-4-25(28(27)42-31)36-12-10-32(11-13-36)18-22(32)29-35-24-9-6-19(30(38)39)16-26(24)37(29)14-15-40-2/h3-9,16-17,22H,10-15,18H2,1-2H3,(H,38,39). The molecule has 0 bridgehead atoms. The molecule has 2 unspecified atom stereocenters. The number of carboxylic acid groups (broad SMARTS) is 1. The number of methoxy groups -OCH3 is 1. The Bertz CT molecular complexity index is 1720. The molecule has 8 nitrogen and oxygen atoms in total. The number of para-hydroxylation sites is 1. The summed E-state index contributed by atoms with van der Waals surface area (Å²) in [5.41, 5.74) is 3.27. The van der Waals surface area contributed by atoms with E-state index in [1.807, 2.05) is 18.2 Å². The van der Waals surface area contributed by atoms with Crippen LogP contribution in [0.4, 0.5) is 10.1 Å². The van der Waals surface area contributed by atoms with Gasteiger partial charge in [0.25, 0.3) is 5.79 Å². The quantitative estimate of drug-likeness (QED) is 0.259. The van der Waals surface area contributed by atoms with Gasteiger partial charge in [0.1, 0.15) is 11.6 Å². The Labute approximate surface area is 247 Å². The Hall–Kier alpha value is -3.82. The van der Waals surface area contributed by atoms with Crippen molar-refractivity contribution >= 4 is 34.3 Å². The van der Waals surface area contributed by atoms with Gasteiger partial charge in [-0.25, -0.2) is 14.2 Å². The predicted octanol–water partition coefficient (Wildman–Crippen LogP) is 6.59. The topological polar surface area (TPSA) is 86.0 Å². The van der Waals surface area contributed by atoms with Crippen LogP contribution in [0.1, 0.15) is 53.8 Å².